The van der Waals surface area contributed by atoms with Crippen molar-refractivity contribution in [2.24, 2.45) is 0 Å². The van der Waals surface area contributed by atoms with Crippen molar-refractivity contribution in [1.82, 2.24) is 29.6 Å². The molecule has 2 N–H and O–H groups in total. The third kappa shape index (κ3) is 4.65. The first-order valence-corrected chi connectivity index (χ1v) is 12.0. The predicted molar refractivity (Wildman–Crippen MR) is 132 cm³/mol. The maximum Gasteiger partial charge on any atom is 0.258 e. The first-order chi connectivity index (χ1) is 17.0. The molecule has 0 spiro atoms. The molecule has 0 unspecified atom stereocenters. The third-order valence-electron chi connectivity index (χ3n) is 5.93. The molecule has 0 bridgehead atoms. The summed E-state index contributed by atoms with van der Waals surface area (Å²) in [7, 11) is 3.36. The van der Waals surface area contributed by atoms with Crippen LogP contribution in [0.3, 0.4) is 0 Å². The zero-order valence-corrected chi connectivity index (χ0v) is 20.2. The lowest BCUT2D eigenvalue weighted by Gasteiger charge is -2.21. The third-order valence-corrected chi connectivity index (χ3v) is 6.82. The van der Waals surface area contributed by atoms with Crippen LogP contribution in [0.2, 0.25) is 0 Å². The van der Waals surface area contributed by atoms with Crippen LogP contribution in [-0.2, 0) is 21.7 Å². The summed E-state index contributed by atoms with van der Waals surface area (Å²) < 4.78 is 6.86. The molecule has 3 aromatic heterocycles. The van der Waals surface area contributed by atoms with Crippen LogP contribution in [0.4, 0.5) is 11.6 Å². The van der Waals surface area contributed by atoms with Crippen molar-refractivity contribution < 1.29 is 14.6 Å². The minimum Gasteiger partial charge on any atom is -0.383 e. The first kappa shape index (κ1) is 23.1. The lowest BCUT2D eigenvalue weighted by atomic mass is 9.91. The molecule has 0 radical (unpaired) electrons. The number of methoxy groups -OCH3 is 1. The van der Waals surface area contributed by atoms with Gasteiger partial charge in [-0.2, -0.15) is 5.10 Å². The Morgan fingerprint density at radius 3 is 2.94 bits per heavy atom. The Kier molecular flexibility index (Phi) is 6.29. The van der Waals surface area contributed by atoms with E-state index in [1.807, 2.05) is 29.8 Å². The summed E-state index contributed by atoms with van der Waals surface area (Å²) >= 11 is 1.48. The number of amides is 1. The predicted octanol–water partition coefficient (Wildman–Crippen LogP) is 2.90. The Labute approximate surface area is 206 Å². The van der Waals surface area contributed by atoms with E-state index < -0.39 is 5.60 Å². The molecule has 1 aliphatic heterocycles. The molecule has 5 rings (SSSR count). The van der Waals surface area contributed by atoms with Crippen LogP contribution in [0.1, 0.15) is 12.0 Å². The molecule has 1 atom stereocenters. The average Bonchev–Trinajstić information content (AvgIpc) is 3.61. The molecular weight excluding hydrogens is 466 g/mol. The van der Waals surface area contributed by atoms with Crippen molar-refractivity contribution in [3.05, 3.63) is 59.9 Å². The van der Waals surface area contributed by atoms with Crippen LogP contribution in [0.15, 0.2) is 54.3 Å². The van der Waals surface area contributed by atoms with Gasteiger partial charge in [0.05, 0.1) is 30.7 Å². The van der Waals surface area contributed by atoms with Gasteiger partial charge in [0, 0.05) is 50.5 Å². The second kappa shape index (κ2) is 9.53. The highest BCUT2D eigenvalue weighted by molar-refractivity contribution is 7.13. The summed E-state index contributed by atoms with van der Waals surface area (Å²) in [5, 5.41) is 21.2. The molecule has 0 saturated carbocycles. The van der Waals surface area contributed by atoms with Gasteiger partial charge in [-0.25, -0.2) is 15.0 Å². The Balaban J connectivity index is 1.35. The number of thiazole rings is 1. The summed E-state index contributed by atoms with van der Waals surface area (Å²) in [5.41, 5.74) is 2.10. The summed E-state index contributed by atoms with van der Waals surface area (Å²) in [6.07, 6.45) is 5.62. The number of rotatable bonds is 8. The summed E-state index contributed by atoms with van der Waals surface area (Å²) in [6.45, 7) is 1.76. The molecule has 4 aromatic rings. The van der Waals surface area contributed by atoms with Crippen LogP contribution in [0, 0.1) is 0 Å². The second-order valence-corrected chi connectivity index (χ2v) is 9.19. The molecule has 35 heavy (non-hydrogen) atoms. The van der Waals surface area contributed by atoms with Crippen LogP contribution >= 0.6 is 11.3 Å². The normalized spacial score (nSPS) is 17.8. The van der Waals surface area contributed by atoms with E-state index in [-0.39, 0.29) is 5.91 Å². The molecule has 1 fully saturated rings. The maximum atomic E-state index is 12.5. The van der Waals surface area contributed by atoms with E-state index in [0.717, 1.165) is 16.3 Å². The van der Waals surface area contributed by atoms with Gasteiger partial charge in [-0.3, -0.25) is 9.48 Å². The van der Waals surface area contributed by atoms with E-state index in [2.05, 4.69) is 20.4 Å². The minimum absolute atomic E-state index is 0.278. The molecule has 10 nitrogen and oxygen atoms in total. The lowest BCUT2D eigenvalue weighted by molar-refractivity contribution is -0.143. The van der Waals surface area contributed by atoms with Crippen molar-refractivity contribution in [1.29, 1.82) is 0 Å². The minimum atomic E-state index is -1.49. The Bertz CT molecular complexity index is 1350. The molecule has 4 heterocycles. The molecular formula is C24H25N7O3S. The van der Waals surface area contributed by atoms with E-state index in [9.17, 15) is 9.90 Å². The number of ether oxygens (including phenoxy) is 1. The lowest BCUT2D eigenvalue weighted by Crippen LogP contribution is -2.36. The molecule has 0 aliphatic carbocycles. The van der Waals surface area contributed by atoms with E-state index in [0.29, 0.717) is 49.0 Å². The van der Waals surface area contributed by atoms with Crippen molar-refractivity contribution >= 4 is 28.9 Å². The summed E-state index contributed by atoms with van der Waals surface area (Å²) in [6, 6.07) is 9.20. The fourth-order valence-electron chi connectivity index (χ4n) is 3.98. The number of aliphatic hydroxyl groups is 1. The topological polar surface area (TPSA) is 118 Å². The zero-order chi connectivity index (χ0) is 24.4. The van der Waals surface area contributed by atoms with Crippen molar-refractivity contribution in [2.75, 3.05) is 32.6 Å². The van der Waals surface area contributed by atoms with Gasteiger partial charge in [-0.05, 0) is 17.7 Å². The van der Waals surface area contributed by atoms with E-state index in [4.69, 9.17) is 9.72 Å². The van der Waals surface area contributed by atoms with Gasteiger partial charge >= 0.3 is 0 Å². The Morgan fingerprint density at radius 1 is 1.26 bits per heavy atom. The van der Waals surface area contributed by atoms with Gasteiger partial charge in [-0.15, -0.1) is 11.3 Å². The number of hydrogen-bond acceptors (Lipinski definition) is 9. The fraction of sp³-hybridized carbons (Fsp3) is 0.292. The number of likely N-dealkylation sites (N-methyl/N-ethyl adjacent to an activating group) is 1. The van der Waals surface area contributed by atoms with Gasteiger partial charge in [0.1, 0.15) is 10.7 Å². The number of nitrogens with zero attached hydrogens (tertiary/aromatic N) is 6. The molecule has 180 valence electrons. The number of aromatic nitrogens is 5. The summed E-state index contributed by atoms with van der Waals surface area (Å²) in [5.74, 6) is 0.163. The van der Waals surface area contributed by atoms with Gasteiger partial charge in [0.25, 0.3) is 5.91 Å². The van der Waals surface area contributed by atoms with Crippen LogP contribution < -0.4 is 5.32 Å². The molecule has 1 amide bonds. The number of hydrogen-bond donors (Lipinski definition) is 2. The molecule has 11 heteroatoms. The fourth-order valence-corrected chi connectivity index (χ4v) is 4.79. The van der Waals surface area contributed by atoms with Crippen molar-refractivity contribution in [3.63, 3.8) is 0 Å². The number of carbonyl (C=O) groups excluding carboxylic acids is 1. The highest BCUT2D eigenvalue weighted by atomic mass is 32.1. The zero-order valence-electron chi connectivity index (χ0n) is 19.4. The van der Waals surface area contributed by atoms with Crippen LogP contribution in [0.5, 0.6) is 0 Å². The number of likely N-dealkylation sites (tertiary alicyclic amines) is 1. The quantitative estimate of drug-likeness (QED) is 0.386. The van der Waals surface area contributed by atoms with Crippen molar-refractivity contribution in [2.45, 2.75) is 18.6 Å². The number of nitrogens with one attached hydrogen (secondary N) is 1. The Hall–Kier alpha value is -3.67. The molecule has 1 saturated heterocycles. The Morgan fingerprint density at radius 2 is 2.14 bits per heavy atom. The SMILES string of the molecule is COCCn1cc(Nc2nccc(-c3csc(-c4cccc([C@]5(O)CCN(C)C5=O)c4)n3)n2)cn1. The standard InChI is InChI=1S/C24H25N7O3S/c1-30-9-7-24(33,22(30)32)17-5-3-4-16(12-17)21-28-20(15-35-21)19-6-8-25-23(29-19)27-18-13-26-31(14-18)10-11-34-2/h3-6,8,12-15,33H,7,9-11H2,1-2H3,(H,25,27,29)/t24-/m1/s1. The van der Waals surface area contributed by atoms with Crippen LogP contribution in [-0.4, -0.2) is 68.0 Å². The van der Waals surface area contributed by atoms with Gasteiger partial charge < -0.3 is 20.1 Å². The van der Waals surface area contributed by atoms with E-state index in [1.165, 1.54) is 11.3 Å². The smallest absolute Gasteiger partial charge is 0.258 e. The second-order valence-electron chi connectivity index (χ2n) is 8.33. The molecule has 1 aromatic carbocycles. The van der Waals surface area contributed by atoms with Gasteiger partial charge in [-0.1, -0.05) is 18.2 Å². The van der Waals surface area contributed by atoms with Gasteiger partial charge in [0.2, 0.25) is 5.95 Å². The number of anilines is 2. The number of benzene rings is 1. The highest BCUT2D eigenvalue weighted by Gasteiger charge is 2.45. The first-order valence-electron chi connectivity index (χ1n) is 11.1. The van der Waals surface area contributed by atoms with Crippen LogP contribution in [0.25, 0.3) is 22.0 Å². The van der Waals surface area contributed by atoms with Gasteiger partial charge in [0.15, 0.2) is 5.60 Å². The maximum absolute atomic E-state index is 12.5. The highest BCUT2D eigenvalue weighted by Crippen LogP contribution is 2.36. The largest absolute Gasteiger partial charge is 0.383 e. The van der Waals surface area contributed by atoms with E-state index in [1.54, 1.807) is 48.3 Å². The monoisotopic (exact) mass is 491 g/mol. The molecule has 1 aliphatic rings. The van der Waals surface area contributed by atoms with Crippen molar-refractivity contribution in [3.8, 4) is 22.0 Å². The summed E-state index contributed by atoms with van der Waals surface area (Å²) in [4.78, 5) is 27.7. The number of carbonyl (C=O) groups is 1. The van der Waals surface area contributed by atoms with E-state index >= 15 is 0 Å². The average molecular weight is 492 g/mol.